The van der Waals surface area contributed by atoms with Gasteiger partial charge in [0.15, 0.2) is 6.19 Å². The van der Waals surface area contributed by atoms with Crippen molar-refractivity contribution in [2.24, 2.45) is 0 Å². The van der Waals surface area contributed by atoms with Gasteiger partial charge < -0.3 is 4.90 Å². The number of rotatable bonds is 4. The highest BCUT2D eigenvalue weighted by Crippen LogP contribution is 2.23. The number of hydrogen-bond donors (Lipinski definition) is 1. The molecule has 0 unspecified atom stereocenters. The van der Waals surface area contributed by atoms with Crippen LogP contribution in [0.3, 0.4) is 0 Å². The molecule has 1 heterocycles. The molecule has 0 aliphatic carbocycles. The molecule has 0 saturated carbocycles. The summed E-state index contributed by atoms with van der Waals surface area (Å²) in [6.45, 7) is 3.94. The zero-order valence-corrected chi connectivity index (χ0v) is 11.9. The van der Waals surface area contributed by atoms with Crippen LogP contribution in [0.1, 0.15) is 18.3 Å². The Hall–Kier alpha value is -2.61. The van der Waals surface area contributed by atoms with Crippen molar-refractivity contribution in [2.75, 3.05) is 17.3 Å². The van der Waals surface area contributed by atoms with E-state index in [2.05, 4.69) is 46.5 Å². The Labute approximate surface area is 118 Å². The van der Waals surface area contributed by atoms with Gasteiger partial charge in [-0.3, -0.25) is 5.32 Å². The maximum absolute atomic E-state index is 8.68. The van der Waals surface area contributed by atoms with E-state index in [9.17, 15) is 0 Å². The first-order chi connectivity index (χ1) is 9.63. The molecular formula is C15H17N5. The molecule has 1 aromatic carbocycles. The van der Waals surface area contributed by atoms with Gasteiger partial charge >= 0.3 is 0 Å². The average molecular weight is 267 g/mol. The highest BCUT2D eigenvalue weighted by Gasteiger charge is 2.08. The fourth-order valence-electron chi connectivity index (χ4n) is 1.93. The quantitative estimate of drug-likeness (QED) is 0.681. The van der Waals surface area contributed by atoms with Gasteiger partial charge in [-0.25, -0.2) is 9.97 Å². The van der Waals surface area contributed by atoms with E-state index in [1.165, 1.54) is 5.56 Å². The number of nitrogens with one attached hydrogen (secondary N) is 1. The standard InChI is InChI=1S/C15H17N5/c1-4-12-5-7-13(8-6-12)20(3)15-9-14(17-10-16)18-11(2)19-15/h5-9H,4H2,1-3H3,(H,17,18,19). The summed E-state index contributed by atoms with van der Waals surface area (Å²) >= 11 is 0. The normalized spacial score (nSPS) is 9.90. The van der Waals surface area contributed by atoms with Crippen LogP contribution in [0.4, 0.5) is 17.3 Å². The van der Waals surface area contributed by atoms with Crippen LogP contribution in [-0.4, -0.2) is 17.0 Å². The second-order valence-electron chi connectivity index (χ2n) is 4.47. The molecule has 1 N–H and O–H groups in total. The van der Waals surface area contributed by atoms with Crippen LogP contribution in [-0.2, 0) is 6.42 Å². The Morgan fingerprint density at radius 1 is 1.25 bits per heavy atom. The van der Waals surface area contributed by atoms with Crippen LogP contribution in [0.25, 0.3) is 0 Å². The van der Waals surface area contributed by atoms with Crippen LogP contribution in [0.5, 0.6) is 0 Å². The third-order valence-electron chi connectivity index (χ3n) is 3.08. The molecule has 0 radical (unpaired) electrons. The molecule has 0 aliphatic rings. The molecule has 1 aromatic heterocycles. The van der Waals surface area contributed by atoms with E-state index in [1.54, 1.807) is 13.0 Å². The minimum atomic E-state index is 0.507. The highest BCUT2D eigenvalue weighted by molar-refractivity contribution is 5.62. The number of anilines is 3. The third-order valence-corrected chi connectivity index (χ3v) is 3.08. The van der Waals surface area contributed by atoms with Crippen molar-refractivity contribution < 1.29 is 0 Å². The second-order valence-corrected chi connectivity index (χ2v) is 4.47. The Morgan fingerprint density at radius 2 is 1.95 bits per heavy atom. The lowest BCUT2D eigenvalue weighted by Gasteiger charge is -2.19. The number of aromatic nitrogens is 2. The zero-order chi connectivity index (χ0) is 14.5. The highest BCUT2D eigenvalue weighted by atomic mass is 15.2. The number of hydrogen-bond acceptors (Lipinski definition) is 5. The molecule has 0 fully saturated rings. The average Bonchev–Trinajstić information content (AvgIpc) is 2.46. The summed E-state index contributed by atoms with van der Waals surface area (Å²) in [7, 11) is 1.94. The van der Waals surface area contributed by atoms with Gasteiger partial charge in [0.1, 0.15) is 17.5 Å². The Balaban J connectivity index is 2.31. The van der Waals surface area contributed by atoms with E-state index in [-0.39, 0.29) is 0 Å². The van der Waals surface area contributed by atoms with E-state index in [0.29, 0.717) is 11.6 Å². The van der Waals surface area contributed by atoms with Crippen molar-refractivity contribution in [3.8, 4) is 6.19 Å². The van der Waals surface area contributed by atoms with E-state index in [0.717, 1.165) is 17.9 Å². The molecule has 2 aromatic rings. The minimum Gasteiger partial charge on any atom is -0.329 e. The van der Waals surface area contributed by atoms with Crippen LogP contribution in [0.2, 0.25) is 0 Å². The summed E-state index contributed by atoms with van der Waals surface area (Å²) < 4.78 is 0. The molecule has 2 rings (SSSR count). The maximum Gasteiger partial charge on any atom is 0.182 e. The smallest absolute Gasteiger partial charge is 0.182 e. The number of nitriles is 1. The predicted molar refractivity (Wildman–Crippen MR) is 79.9 cm³/mol. The van der Waals surface area contributed by atoms with E-state index >= 15 is 0 Å². The fourth-order valence-corrected chi connectivity index (χ4v) is 1.93. The van der Waals surface area contributed by atoms with Crippen molar-refractivity contribution in [3.05, 3.63) is 41.7 Å². The monoisotopic (exact) mass is 267 g/mol. The first-order valence-electron chi connectivity index (χ1n) is 6.47. The minimum absolute atomic E-state index is 0.507. The van der Waals surface area contributed by atoms with E-state index < -0.39 is 0 Å². The molecule has 0 spiro atoms. The lowest BCUT2D eigenvalue weighted by atomic mass is 10.1. The maximum atomic E-state index is 8.68. The Morgan fingerprint density at radius 3 is 2.55 bits per heavy atom. The molecule has 0 saturated heterocycles. The molecule has 5 heteroatoms. The Bertz CT molecular complexity index is 628. The zero-order valence-electron chi connectivity index (χ0n) is 11.9. The van der Waals surface area contributed by atoms with Gasteiger partial charge in [0.25, 0.3) is 0 Å². The van der Waals surface area contributed by atoms with Crippen LogP contribution in [0.15, 0.2) is 30.3 Å². The summed E-state index contributed by atoms with van der Waals surface area (Å²) in [6.07, 6.45) is 2.89. The largest absolute Gasteiger partial charge is 0.329 e. The lowest BCUT2D eigenvalue weighted by molar-refractivity contribution is 1.01. The molecule has 0 aliphatic heterocycles. The number of aryl methyl sites for hydroxylation is 2. The summed E-state index contributed by atoms with van der Waals surface area (Å²) in [6, 6.07) is 10.1. The van der Waals surface area contributed by atoms with Crippen LogP contribution in [0, 0.1) is 18.4 Å². The van der Waals surface area contributed by atoms with Crippen molar-refractivity contribution in [3.63, 3.8) is 0 Å². The summed E-state index contributed by atoms with van der Waals surface area (Å²) in [5.74, 6) is 1.88. The van der Waals surface area contributed by atoms with Crippen molar-refractivity contribution >= 4 is 17.3 Å². The van der Waals surface area contributed by atoms with Gasteiger partial charge in [0.2, 0.25) is 0 Å². The molecular weight excluding hydrogens is 250 g/mol. The third kappa shape index (κ3) is 3.04. The van der Waals surface area contributed by atoms with E-state index in [4.69, 9.17) is 5.26 Å². The summed E-state index contributed by atoms with van der Waals surface area (Å²) in [4.78, 5) is 10.5. The van der Waals surface area contributed by atoms with Crippen LogP contribution < -0.4 is 10.2 Å². The van der Waals surface area contributed by atoms with Gasteiger partial charge in [0, 0.05) is 18.8 Å². The van der Waals surface area contributed by atoms with Gasteiger partial charge in [-0.05, 0) is 31.0 Å². The topological polar surface area (TPSA) is 64.8 Å². The predicted octanol–water partition coefficient (Wildman–Crippen LogP) is 3.01. The lowest BCUT2D eigenvalue weighted by Crippen LogP contribution is -2.13. The molecule has 20 heavy (non-hydrogen) atoms. The first-order valence-corrected chi connectivity index (χ1v) is 6.47. The molecule has 102 valence electrons. The Kier molecular flexibility index (Phi) is 4.16. The van der Waals surface area contributed by atoms with Gasteiger partial charge in [-0.15, -0.1) is 0 Å². The molecule has 5 nitrogen and oxygen atoms in total. The number of benzene rings is 1. The fraction of sp³-hybridized carbons (Fsp3) is 0.267. The van der Waals surface area contributed by atoms with Crippen LogP contribution >= 0.6 is 0 Å². The van der Waals surface area contributed by atoms with Crippen molar-refractivity contribution in [1.82, 2.24) is 9.97 Å². The molecule has 0 bridgehead atoms. The van der Waals surface area contributed by atoms with E-state index in [1.807, 2.05) is 18.1 Å². The van der Waals surface area contributed by atoms with Crippen molar-refractivity contribution in [1.29, 1.82) is 5.26 Å². The molecule has 0 atom stereocenters. The summed E-state index contributed by atoms with van der Waals surface area (Å²) in [5, 5.41) is 11.2. The second kappa shape index (κ2) is 6.02. The van der Waals surface area contributed by atoms with Gasteiger partial charge in [-0.1, -0.05) is 19.1 Å². The SMILES string of the molecule is CCc1ccc(N(C)c2cc(NC#N)nc(C)n2)cc1. The first kappa shape index (κ1) is 13.8. The molecule has 0 amide bonds. The van der Waals surface area contributed by atoms with Gasteiger partial charge in [-0.2, -0.15) is 5.26 Å². The summed E-state index contributed by atoms with van der Waals surface area (Å²) in [5.41, 5.74) is 2.34. The number of nitrogens with zero attached hydrogens (tertiary/aromatic N) is 4. The van der Waals surface area contributed by atoms with Crippen molar-refractivity contribution in [2.45, 2.75) is 20.3 Å². The van der Waals surface area contributed by atoms with Gasteiger partial charge in [0.05, 0.1) is 0 Å².